The quantitative estimate of drug-likeness (QED) is 0.775. The van der Waals surface area contributed by atoms with E-state index in [-0.39, 0.29) is 5.91 Å². The van der Waals surface area contributed by atoms with Crippen molar-refractivity contribution in [2.24, 2.45) is 0 Å². The van der Waals surface area contributed by atoms with Crippen LogP contribution in [0.2, 0.25) is 0 Å². The van der Waals surface area contributed by atoms with E-state index in [0.29, 0.717) is 6.54 Å². The van der Waals surface area contributed by atoms with Crippen LogP contribution < -0.4 is 0 Å². The first-order valence-corrected chi connectivity index (χ1v) is 7.39. The molecule has 0 unspecified atom stereocenters. The highest BCUT2D eigenvalue weighted by molar-refractivity contribution is 14.1. The van der Waals surface area contributed by atoms with E-state index >= 15 is 0 Å². The molecule has 1 heterocycles. The fourth-order valence-corrected chi connectivity index (χ4v) is 3.09. The Hall–Kier alpha value is -0.950. The number of carbonyl (C=O) groups is 1. The topological polar surface area (TPSA) is 33.2 Å². The van der Waals surface area contributed by atoms with Crippen LogP contribution in [0.15, 0.2) is 30.5 Å². The largest absolute Gasteiger partial charge is 0.336 e. The number of aryl methyl sites for hydroxylation is 1. The van der Waals surface area contributed by atoms with Crippen LogP contribution in [0.3, 0.4) is 0 Å². The molecule has 0 spiro atoms. The molecular weight excluding hydrogens is 359 g/mol. The van der Waals surface area contributed by atoms with Crippen molar-refractivity contribution >= 4 is 39.8 Å². The molecule has 0 fully saturated rings. The van der Waals surface area contributed by atoms with Crippen molar-refractivity contribution in [1.82, 2.24) is 9.88 Å². The molecule has 2 rings (SSSR count). The molecule has 2 aromatic rings. The van der Waals surface area contributed by atoms with Crippen LogP contribution >= 0.6 is 33.9 Å². The molecule has 0 aliphatic carbocycles. The third-order valence-corrected chi connectivity index (χ3v) is 4.35. The molecule has 0 atom stereocenters. The number of halogens is 1. The Morgan fingerprint density at radius 1 is 1.44 bits per heavy atom. The number of hydrogen-bond donors (Lipinski definition) is 0. The third-order valence-electron chi connectivity index (χ3n) is 2.51. The van der Waals surface area contributed by atoms with Crippen molar-refractivity contribution in [3.8, 4) is 0 Å². The van der Waals surface area contributed by atoms with Gasteiger partial charge in [-0.3, -0.25) is 4.79 Å². The molecule has 0 saturated heterocycles. The van der Waals surface area contributed by atoms with Crippen molar-refractivity contribution in [3.63, 3.8) is 0 Å². The van der Waals surface area contributed by atoms with Gasteiger partial charge in [-0.25, -0.2) is 4.98 Å². The number of benzene rings is 1. The first-order valence-electron chi connectivity index (χ1n) is 5.49. The van der Waals surface area contributed by atoms with Gasteiger partial charge in [0.2, 0.25) is 0 Å². The van der Waals surface area contributed by atoms with Crippen LogP contribution in [0.4, 0.5) is 0 Å². The highest BCUT2D eigenvalue weighted by Gasteiger charge is 2.15. The lowest BCUT2D eigenvalue weighted by atomic mass is 10.2. The van der Waals surface area contributed by atoms with Crippen LogP contribution in [-0.2, 0) is 6.54 Å². The molecule has 1 aromatic carbocycles. The first kappa shape index (κ1) is 13.5. The Bertz CT molecular complexity index is 568. The van der Waals surface area contributed by atoms with Gasteiger partial charge in [0, 0.05) is 21.7 Å². The number of nitrogens with zero attached hydrogens (tertiary/aromatic N) is 2. The summed E-state index contributed by atoms with van der Waals surface area (Å²) in [5.74, 6) is 0.0473. The zero-order valence-electron chi connectivity index (χ0n) is 10.2. The summed E-state index contributed by atoms with van der Waals surface area (Å²) in [7, 11) is 1.82. The molecular formula is C13H13IN2OS. The maximum atomic E-state index is 12.3. The summed E-state index contributed by atoms with van der Waals surface area (Å²) in [5.41, 5.74) is 0.752. The molecule has 5 heteroatoms. The Morgan fingerprint density at radius 3 is 2.78 bits per heavy atom. The lowest BCUT2D eigenvalue weighted by Gasteiger charge is -2.16. The van der Waals surface area contributed by atoms with E-state index in [1.54, 1.807) is 16.2 Å². The number of carbonyl (C=O) groups excluding carboxylic acids is 1. The molecule has 3 nitrogen and oxygen atoms in total. The maximum Gasteiger partial charge on any atom is 0.254 e. The van der Waals surface area contributed by atoms with E-state index in [1.807, 2.05) is 44.4 Å². The minimum atomic E-state index is 0.0473. The second-order valence-electron chi connectivity index (χ2n) is 3.99. The number of rotatable bonds is 3. The average Bonchev–Trinajstić information content (AvgIpc) is 2.74. The van der Waals surface area contributed by atoms with E-state index in [2.05, 4.69) is 27.6 Å². The van der Waals surface area contributed by atoms with Gasteiger partial charge < -0.3 is 4.90 Å². The predicted molar refractivity (Wildman–Crippen MR) is 81.8 cm³/mol. The van der Waals surface area contributed by atoms with Crippen molar-refractivity contribution in [1.29, 1.82) is 0 Å². The molecule has 0 aliphatic rings. The fourth-order valence-electron chi connectivity index (χ4n) is 1.62. The second-order valence-corrected chi connectivity index (χ2v) is 6.47. The molecule has 1 amide bonds. The molecule has 1 aromatic heterocycles. The fraction of sp³-hybridized carbons (Fsp3) is 0.231. The standard InChI is InChI=1S/C13H13IN2OS/c1-9-15-7-10(18-9)8-16(2)13(17)11-5-3-4-6-12(11)14/h3-7H,8H2,1-2H3. The van der Waals surface area contributed by atoms with Gasteiger partial charge in [0.25, 0.3) is 5.91 Å². The lowest BCUT2D eigenvalue weighted by Crippen LogP contribution is -2.26. The van der Waals surface area contributed by atoms with Crippen molar-refractivity contribution in [2.45, 2.75) is 13.5 Å². The monoisotopic (exact) mass is 372 g/mol. The Labute approximate surface area is 124 Å². The van der Waals surface area contributed by atoms with Crippen LogP contribution in [0, 0.1) is 10.5 Å². The molecule has 0 bridgehead atoms. The first-order chi connectivity index (χ1) is 8.58. The number of aromatic nitrogens is 1. The SMILES string of the molecule is Cc1ncc(CN(C)C(=O)c2ccccc2I)s1. The molecule has 0 N–H and O–H groups in total. The van der Waals surface area contributed by atoms with Crippen molar-refractivity contribution in [2.75, 3.05) is 7.05 Å². The summed E-state index contributed by atoms with van der Waals surface area (Å²) >= 11 is 3.81. The molecule has 0 aliphatic heterocycles. The lowest BCUT2D eigenvalue weighted by molar-refractivity contribution is 0.0785. The van der Waals surface area contributed by atoms with E-state index in [0.717, 1.165) is 19.0 Å². The predicted octanol–water partition coefficient (Wildman–Crippen LogP) is 3.33. The van der Waals surface area contributed by atoms with Crippen LogP contribution in [-0.4, -0.2) is 22.8 Å². The highest BCUT2D eigenvalue weighted by Crippen LogP contribution is 2.17. The van der Waals surface area contributed by atoms with E-state index in [4.69, 9.17) is 0 Å². The maximum absolute atomic E-state index is 12.3. The molecule has 0 saturated carbocycles. The summed E-state index contributed by atoms with van der Waals surface area (Å²) in [6.45, 7) is 2.57. The normalized spacial score (nSPS) is 10.4. The number of amides is 1. The van der Waals surface area contributed by atoms with Gasteiger partial charge in [-0.05, 0) is 41.6 Å². The Kier molecular flexibility index (Phi) is 4.34. The summed E-state index contributed by atoms with van der Waals surface area (Å²) < 4.78 is 0.979. The minimum absolute atomic E-state index is 0.0473. The Morgan fingerprint density at radius 2 is 2.17 bits per heavy atom. The zero-order chi connectivity index (χ0) is 13.1. The third kappa shape index (κ3) is 3.08. The van der Waals surface area contributed by atoms with Gasteiger partial charge in [-0.1, -0.05) is 12.1 Å². The number of hydrogen-bond acceptors (Lipinski definition) is 3. The van der Waals surface area contributed by atoms with Gasteiger partial charge >= 0.3 is 0 Å². The summed E-state index contributed by atoms with van der Waals surface area (Å²) in [6.07, 6.45) is 1.83. The second kappa shape index (κ2) is 5.79. The van der Waals surface area contributed by atoms with Crippen LogP contribution in [0.25, 0.3) is 0 Å². The Balaban J connectivity index is 2.12. The van der Waals surface area contributed by atoms with E-state index in [1.165, 1.54) is 0 Å². The van der Waals surface area contributed by atoms with E-state index in [9.17, 15) is 4.79 Å². The highest BCUT2D eigenvalue weighted by atomic mass is 127. The molecule has 0 radical (unpaired) electrons. The van der Waals surface area contributed by atoms with Gasteiger partial charge in [0.05, 0.1) is 17.1 Å². The van der Waals surface area contributed by atoms with Gasteiger partial charge in [0.15, 0.2) is 0 Å². The summed E-state index contributed by atoms with van der Waals surface area (Å²) in [4.78, 5) is 19.3. The van der Waals surface area contributed by atoms with Gasteiger partial charge in [-0.2, -0.15) is 0 Å². The van der Waals surface area contributed by atoms with Gasteiger partial charge in [-0.15, -0.1) is 11.3 Å². The average molecular weight is 372 g/mol. The van der Waals surface area contributed by atoms with Crippen molar-refractivity contribution in [3.05, 3.63) is 49.5 Å². The van der Waals surface area contributed by atoms with E-state index < -0.39 is 0 Å². The molecule has 18 heavy (non-hydrogen) atoms. The minimum Gasteiger partial charge on any atom is -0.336 e. The zero-order valence-corrected chi connectivity index (χ0v) is 13.2. The van der Waals surface area contributed by atoms with Crippen molar-refractivity contribution < 1.29 is 4.79 Å². The van der Waals surface area contributed by atoms with Gasteiger partial charge in [0.1, 0.15) is 0 Å². The molecule has 94 valence electrons. The number of thiazole rings is 1. The summed E-state index contributed by atoms with van der Waals surface area (Å²) in [6, 6.07) is 7.63. The smallest absolute Gasteiger partial charge is 0.254 e. The van der Waals surface area contributed by atoms with Crippen LogP contribution in [0.5, 0.6) is 0 Å². The van der Waals surface area contributed by atoms with Crippen LogP contribution in [0.1, 0.15) is 20.2 Å². The summed E-state index contributed by atoms with van der Waals surface area (Å²) in [5, 5.41) is 1.03.